The first-order valence-electron chi connectivity index (χ1n) is 3.96. The number of fused-ring (bicyclic) bond motifs is 2. The molecule has 10 heavy (non-hydrogen) atoms. The molecule has 0 amide bonds. The first-order valence-corrected chi connectivity index (χ1v) is 3.96. The molecule has 2 fully saturated rings. The number of nitrogens with zero attached hydrogens (tertiary/aromatic N) is 1. The standard InChI is InChI=1S/C8H12N2/c9-4-7-2-6-1-5(7)3-8(6)10/h5-8H,1-3,10H2/t5-,6-,7-,8+/m0/s1. The molecule has 0 heterocycles. The van der Waals surface area contributed by atoms with Gasteiger partial charge in [0.25, 0.3) is 0 Å². The molecule has 0 radical (unpaired) electrons. The molecule has 0 saturated heterocycles. The molecular formula is C8H12N2. The largest absolute Gasteiger partial charge is 0.327 e. The molecule has 4 atom stereocenters. The third kappa shape index (κ3) is 0.674. The van der Waals surface area contributed by atoms with Gasteiger partial charge in [-0.2, -0.15) is 5.26 Å². The second-order valence-electron chi connectivity index (χ2n) is 3.63. The molecule has 2 aliphatic rings. The molecule has 0 aromatic carbocycles. The van der Waals surface area contributed by atoms with Crippen molar-refractivity contribution in [2.75, 3.05) is 0 Å². The van der Waals surface area contributed by atoms with Crippen molar-refractivity contribution in [1.29, 1.82) is 5.26 Å². The van der Waals surface area contributed by atoms with Crippen LogP contribution in [0.5, 0.6) is 0 Å². The highest BCUT2D eigenvalue weighted by atomic mass is 14.7. The van der Waals surface area contributed by atoms with Gasteiger partial charge in [-0.1, -0.05) is 0 Å². The molecule has 2 aliphatic carbocycles. The van der Waals surface area contributed by atoms with Crippen LogP contribution < -0.4 is 5.73 Å². The third-order valence-corrected chi connectivity index (χ3v) is 3.08. The zero-order chi connectivity index (χ0) is 7.14. The average Bonchev–Trinajstić information content (AvgIpc) is 2.44. The smallest absolute Gasteiger partial charge is 0.0658 e. The Morgan fingerprint density at radius 1 is 1.20 bits per heavy atom. The van der Waals surface area contributed by atoms with E-state index >= 15 is 0 Å². The molecule has 2 nitrogen and oxygen atoms in total. The molecular weight excluding hydrogens is 124 g/mol. The maximum Gasteiger partial charge on any atom is 0.0658 e. The Labute approximate surface area is 61.0 Å². The zero-order valence-electron chi connectivity index (χ0n) is 5.96. The topological polar surface area (TPSA) is 49.8 Å². The summed E-state index contributed by atoms with van der Waals surface area (Å²) in [4.78, 5) is 0. The van der Waals surface area contributed by atoms with Crippen LogP contribution in [0.15, 0.2) is 0 Å². The van der Waals surface area contributed by atoms with Gasteiger partial charge >= 0.3 is 0 Å². The van der Waals surface area contributed by atoms with Crippen molar-refractivity contribution in [2.45, 2.75) is 25.3 Å². The van der Waals surface area contributed by atoms with Gasteiger partial charge in [-0.15, -0.1) is 0 Å². The molecule has 0 spiro atoms. The lowest BCUT2D eigenvalue weighted by atomic mass is 9.87. The summed E-state index contributed by atoms with van der Waals surface area (Å²) >= 11 is 0. The fraction of sp³-hybridized carbons (Fsp3) is 0.875. The molecule has 0 aromatic rings. The molecule has 2 heteroatoms. The molecule has 2 bridgehead atoms. The second-order valence-corrected chi connectivity index (χ2v) is 3.63. The van der Waals surface area contributed by atoms with E-state index in [1.54, 1.807) is 0 Å². The molecule has 0 aliphatic heterocycles. The highest BCUT2D eigenvalue weighted by molar-refractivity contribution is 5.04. The van der Waals surface area contributed by atoms with Crippen molar-refractivity contribution in [1.82, 2.24) is 0 Å². The number of nitrogens with two attached hydrogens (primary N) is 1. The Balaban J connectivity index is 2.11. The van der Waals surface area contributed by atoms with Crippen LogP contribution in [0.25, 0.3) is 0 Å². The lowest BCUT2D eigenvalue weighted by Gasteiger charge is -2.19. The first-order chi connectivity index (χ1) is 4.81. The summed E-state index contributed by atoms with van der Waals surface area (Å²) in [6.07, 6.45) is 3.39. The van der Waals surface area contributed by atoms with Gasteiger partial charge in [-0.05, 0) is 31.1 Å². The summed E-state index contributed by atoms with van der Waals surface area (Å²) < 4.78 is 0. The van der Waals surface area contributed by atoms with Gasteiger partial charge < -0.3 is 5.73 Å². The first kappa shape index (κ1) is 6.18. The van der Waals surface area contributed by atoms with E-state index < -0.39 is 0 Å². The predicted molar refractivity (Wildman–Crippen MR) is 37.9 cm³/mol. The molecule has 54 valence electrons. The lowest BCUT2D eigenvalue weighted by Crippen LogP contribution is -2.29. The summed E-state index contributed by atoms with van der Waals surface area (Å²) in [6, 6.07) is 2.77. The number of hydrogen-bond acceptors (Lipinski definition) is 2. The second kappa shape index (κ2) is 1.96. The van der Waals surface area contributed by atoms with Gasteiger partial charge in [0.1, 0.15) is 0 Å². The van der Waals surface area contributed by atoms with Crippen LogP contribution in [0.3, 0.4) is 0 Å². The third-order valence-electron chi connectivity index (χ3n) is 3.08. The van der Waals surface area contributed by atoms with Gasteiger partial charge in [0.15, 0.2) is 0 Å². The van der Waals surface area contributed by atoms with Gasteiger partial charge in [-0.25, -0.2) is 0 Å². The van der Waals surface area contributed by atoms with Gasteiger partial charge in [-0.3, -0.25) is 0 Å². The van der Waals surface area contributed by atoms with Crippen LogP contribution in [0, 0.1) is 29.1 Å². The van der Waals surface area contributed by atoms with E-state index in [0.717, 1.165) is 12.8 Å². The normalized spacial score (nSPS) is 51.2. The minimum Gasteiger partial charge on any atom is -0.327 e. The molecule has 0 aromatic heterocycles. The molecule has 0 unspecified atom stereocenters. The minimum atomic E-state index is 0.338. The summed E-state index contributed by atoms with van der Waals surface area (Å²) in [6.45, 7) is 0. The van der Waals surface area contributed by atoms with Crippen molar-refractivity contribution in [3.05, 3.63) is 0 Å². The van der Waals surface area contributed by atoms with E-state index in [0.29, 0.717) is 23.8 Å². The summed E-state index contributed by atoms with van der Waals surface area (Å²) in [5.74, 6) is 1.66. The minimum absolute atomic E-state index is 0.338. The fourth-order valence-corrected chi connectivity index (χ4v) is 2.48. The SMILES string of the molecule is N#C[C@@H]1C[C@@H]2C[C@H]1C[C@H]2N. The number of rotatable bonds is 0. The Hall–Kier alpha value is -0.550. The molecule has 2 saturated carbocycles. The van der Waals surface area contributed by atoms with E-state index in [1.165, 1.54) is 6.42 Å². The van der Waals surface area contributed by atoms with Crippen LogP contribution >= 0.6 is 0 Å². The van der Waals surface area contributed by atoms with Gasteiger partial charge in [0.05, 0.1) is 6.07 Å². The van der Waals surface area contributed by atoms with Gasteiger partial charge in [0, 0.05) is 12.0 Å². The lowest BCUT2D eigenvalue weighted by molar-refractivity contribution is 0.361. The van der Waals surface area contributed by atoms with E-state index in [1.807, 2.05) is 0 Å². The fourth-order valence-electron chi connectivity index (χ4n) is 2.48. The van der Waals surface area contributed by atoms with Crippen molar-refractivity contribution >= 4 is 0 Å². The quantitative estimate of drug-likeness (QED) is 0.537. The van der Waals surface area contributed by atoms with Crippen molar-refractivity contribution in [3.8, 4) is 6.07 Å². The Bertz CT molecular complexity index is 180. The van der Waals surface area contributed by atoms with Crippen molar-refractivity contribution < 1.29 is 0 Å². The van der Waals surface area contributed by atoms with Crippen LogP contribution in [-0.4, -0.2) is 6.04 Å². The number of nitriles is 1. The highest BCUT2D eigenvalue weighted by Crippen LogP contribution is 2.47. The maximum atomic E-state index is 8.68. The summed E-state index contributed by atoms with van der Waals surface area (Å²) in [5, 5.41) is 8.68. The Kier molecular flexibility index (Phi) is 1.21. The molecule has 2 rings (SSSR count). The van der Waals surface area contributed by atoms with Crippen LogP contribution in [0.4, 0.5) is 0 Å². The van der Waals surface area contributed by atoms with Crippen LogP contribution in [0.1, 0.15) is 19.3 Å². The number of hydrogen-bond donors (Lipinski definition) is 1. The van der Waals surface area contributed by atoms with Crippen LogP contribution in [-0.2, 0) is 0 Å². The van der Waals surface area contributed by atoms with Crippen molar-refractivity contribution in [3.63, 3.8) is 0 Å². The molecule has 2 N–H and O–H groups in total. The Morgan fingerprint density at radius 2 is 2.00 bits per heavy atom. The van der Waals surface area contributed by atoms with Gasteiger partial charge in [0.2, 0.25) is 0 Å². The van der Waals surface area contributed by atoms with E-state index in [9.17, 15) is 0 Å². The summed E-state index contributed by atoms with van der Waals surface area (Å²) in [7, 11) is 0. The van der Waals surface area contributed by atoms with E-state index in [2.05, 4.69) is 6.07 Å². The van der Waals surface area contributed by atoms with Crippen LogP contribution in [0.2, 0.25) is 0 Å². The Morgan fingerprint density at radius 3 is 2.40 bits per heavy atom. The average molecular weight is 136 g/mol. The van der Waals surface area contributed by atoms with E-state index in [4.69, 9.17) is 11.0 Å². The predicted octanol–water partition coefficient (Wildman–Crippen LogP) is 0.883. The van der Waals surface area contributed by atoms with E-state index in [-0.39, 0.29) is 0 Å². The van der Waals surface area contributed by atoms with Crippen molar-refractivity contribution in [2.24, 2.45) is 23.5 Å². The highest BCUT2D eigenvalue weighted by Gasteiger charge is 2.44. The zero-order valence-corrected chi connectivity index (χ0v) is 5.96. The summed E-state index contributed by atoms with van der Waals surface area (Å²) in [5.41, 5.74) is 5.83. The monoisotopic (exact) mass is 136 g/mol. The maximum absolute atomic E-state index is 8.68.